The SMILES string of the molecule is O=C(CCN1C(=O)NC2(CCCC2)C1=O)Nc1ccnn1Cc1ccc(Br)cc1. The fourth-order valence-corrected chi connectivity index (χ4v) is 4.21. The van der Waals surface area contributed by atoms with Crippen LogP contribution in [0.15, 0.2) is 41.0 Å². The van der Waals surface area contributed by atoms with Gasteiger partial charge in [-0.2, -0.15) is 5.10 Å². The van der Waals surface area contributed by atoms with E-state index in [4.69, 9.17) is 0 Å². The molecule has 2 heterocycles. The first-order chi connectivity index (χ1) is 14.0. The lowest BCUT2D eigenvalue weighted by Gasteiger charge is -2.19. The van der Waals surface area contributed by atoms with E-state index in [0.29, 0.717) is 25.2 Å². The van der Waals surface area contributed by atoms with Gasteiger partial charge in [-0.25, -0.2) is 9.48 Å². The molecule has 1 aromatic heterocycles. The Balaban J connectivity index is 1.34. The predicted octanol–water partition coefficient (Wildman–Crippen LogP) is 2.89. The minimum Gasteiger partial charge on any atom is -0.323 e. The van der Waals surface area contributed by atoms with Gasteiger partial charge in [-0.3, -0.25) is 14.5 Å². The first-order valence-electron chi connectivity index (χ1n) is 9.67. The van der Waals surface area contributed by atoms with E-state index >= 15 is 0 Å². The van der Waals surface area contributed by atoms with Gasteiger partial charge >= 0.3 is 6.03 Å². The van der Waals surface area contributed by atoms with Gasteiger partial charge in [0.2, 0.25) is 5.91 Å². The molecule has 2 fully saturated rings. The summed E-state index contributed by atoms with van der Waals surface area (Å²) in [6.07, 6.45) is 4.88. The first kappa shape index (κ1) is 19.6. The molecular weight excluding hydrogens is 438 g/mol. The van der Waals surface area contributed by atoms with Crippen molar-refractivity contribution in [2.75, 3.05) is 11.9 Å². The molecule has 2 N–H and O–H groups in total. The maximum absolute atomic E-state index is 12.6. The van der Waals surface area contributed by atoms with E-state index in [1.54, 1.807) is 16.9 Å². The molecule has 4 rings (SSSR count). The Morgan fingerprint density at radius 1 is 1.17 bits per heavy atom. The molecule has 8 nitrogen and oxygen atoms in total. The summed E-state index contributed by atoms with van der Waals surface area (Å²) in [6, 6.07) is 9.18. The largest absolute Gasteiger partial charge is 0.325 e. The molecule has 1 aliphatic heterocycles. The van der Waals surface area contributed by atoms with Crippen LogP contribution in [0.25, 0.3) is 0 Å². The molecule has 0 unspecified atom stereocenters. The van der Waals surface area contributed by atoms with Crippen molar-refractivity contribution < 1.29 is 14.4 Å². The van der Waals surface area contributed by atoms with Crippen LogP contribution in [0.4, 0.5) is 10.6 Å². The topological polar surface area (TPSA) is 96.3 Å². The average Bonchev–Trinajstić information content (AvgIpc) is 3.39. The van der Waals surface area contributed by atoms with Crippen LogP contribution in [-0.4, -0.2) is 44.6 Å². The molecule has 2 aromatic rings. The van der Waals surface area contributed by atoms with Crippen LogP contribution in [-0.2, 0) is 16.1 Å². The summed E-state index contributed by atoms with van der Waals surface area (Å²) < 4.78 is 2.69. The maximum Gasteiger partial charge on any atom is 0.325 e. The Kier molecular flexibility index (Phi) is 5.40. The lowest BCUT2D eigenvalue weighted by Crippen LogP contribution is -2.44. The standard InChI is InChI=1S/C20H22BrN5O3/c21-15-5-3-14(4-6-15)13-26-16(7-11-22-26)23-17(27)8-12-25-18(28)20(24-19(25)29)9-1-2-10-20/h3-7,11H,1-2,8-10,12-13H2,(H,23,27)(H,24,29). The Bertz CT molecular complexity index is 934. The van der Waals surface area contributed by atoms with Crippen LogP contribution in [0.5, 0.6) is 0 Å². The Morgan fingerprint density at radius 2 is 1.90 bits per heavy atom. The highest BCUT2D eigenvalue weighted by Gasteiger charge is 2.52. The van der Waals surface area contributed by atoms with Crippen molar-refractivity contribution in [3.8, 4) is 0 Å². The second kappa shape index (κ2) is 7.98. The number of rotatable bonds is 6. The molecule has 0 radical (unpaired) electrons. The molecule has 152 valence electrons. The number of halogens is 1. The number of hydrogen-bond acceptors (Lipinski definition) is 4. The summed E-state index contributed by atoms with van der Waals surface area (Å²) in [5.74, 6) is 0.103. The van der Waals surface area contributed by atoms with Crippen molar-refractivity contribution in [1.29, 1.82) is 0 Å². The van der Waals surface area contributed by atoms with Gasteiger partial charge in [-0.05, 0) is 30.5 Å². The Morgan fingerprint density at radius 3 is 2.62 bits per heavy atom. The molecule has 9 heteroatoms. The fraction of sp³-hybridized carbons (Fsp3) is 0.400. The minimum atomic E-state index is -0.739. The monoisotopic (exact) mass is 459 g/mol. The highest BCUT2D eigenvalue weighted by molar-refractivity contribution is 9.10. The van der Waals surface area contributed by atoms with Crippen molar-refractivity contribution in [3.05, 3.63) is 46.6 Å². The quantitative estimate of drug-likeness (QED) is 0.648. The summed E-state index contributed by atoms with van der Waals surface area (Å²) in [7, 11) is 0. The predicted molar refractivity (Wildman–Crippen MR) is 110 cm³/mol. The van der Waals surface area contributed by atoms with E-state index in [1.807, 2.05) is 24.3 Å². The molecule has 0 atom stereocenters. The van der Waals surface area contributed by atoms with Crippen LogP contribution >= 0.6 is 15.9 Å². The number of urea groups is 1. The van der Waals surface area contributed by atoms with E-state index in [1.165, 1.54) is 4.90 Å². The smallest absolute Gasteiger partial charge is 0.323 e. The lowest BCUT2D eigenvalue weighted by atomic mass is 9.98. The van der Waals surface area contributed by atoms with E-state index in [9.17, 15) is 14.4 Å². The summed E-state index contributed by atoms with van der Waals surface area (Å²) in [4.78, 5) is 38.4. The molecule has 2 aliphatic rings. The number of nitrogens with zero attached hydrogens (tertiary/aromatic N) is 3. The van der Waals surface area contributed by atoms with Crippen molar-refractivity contribution in [2.45, 2.75) is 44.2 Å². The molecular formula is C20H22BrN5O3. The van der Waals surface area contributed by atoms with Gasteiger partial charge in [-0.1, -0.05) is 40.9 Å². The maximum atomic E-state index is 12.6. The molecule has 1 saturated carbocycles. The molecule has 1 saturated heterocycles. The summed E-state index contributed by atoms with van der Waals surface area (Å²) >= 11 is 3.41. The van der Waals surface area contributed by atoms with E-state index in [2.05, 4.69) is 31.7 Å². The number of nitrogens with one attached hydrogen (secondary N) is 2. The number of carbonyl (C=O) groups is 3. The highest BCUT2D eigenvalue weighted by atomic mass is 79.9. The van der Waals surface area contributed by atoms with Crippen molar-refractivity contribution in [3.63, 3.8) is 0 Å². The van der Waals surface area contributed by atoms with Crippen LogP contribution in [0, 0.1) is 0 Å². The first-order valence-corrected chi connectivity index (χ1v) is 10.5. The van der Waals surface area contributed by atoms with E-state index in [0.717, 1.165) is 22.9 Å². The number of imide groups is 1. The Hall–Kier alpha value is -2.68. The molecule has 4 amide bonds. The van der Waals surface area contributed by atoms with Crippen molar-refractivity contribution in [1.82, 2.24) is 20.0 Å². The number of anilines is 1. The number of amides is 4. The van der Waals surface area contributed by atoms with Gasteiger partial charge in [0.25, 0.3) is 5.91 Å². The van der Waals surface area contributed by atoms with Crippen LogP contribution in [0.3, 0.4) is 0 Å². The van der Waals surface area contributed by atoms with Crippen molar-refractivity contribution >= 4 is 39.6 Å². The number of hydrogen-bond donors (Lipinski definition) is 2. The van der Waals surface area contributed by atoms with E-state index in [-0.39, 0.29) is 24.8 Å². The van der Waals surface area contributed by atoms with Gasteiger partial charge < -0.3 is 10.6 Å². The van der Waals surface area contributed by atoms with Gasteiger partial charge in [0, 0.05) is 23.5 Å². The van der Waals surface area contributed by atoms with Gasteiger partial charge in [0.05, 0.1) is 12.7 Å². The number of benzene rings is 1. The average molecular weight is 460 g/mol. The molecule has 29 heavy (non-hydrogen) atoms. The molecule has 1 spiro atoms. The lowest BCUT2D eigenvalue weighted by molar-refractivity contribution is -0.131. The third kappa shape index (κ3) is 4.05. The van der Waals surface area contributed by atoms with Gasteiger partial charge in [0.1, 0.15) is 11.4 Å². The number of aromatic nitrogens is 2. The summed E-state index contributed by atoms with van der Waals surface area (Å²) in [6.45, 7) is 0.588. The molecule has 1 aromatic carbocycles. The zero-order valence-corrected chi connectivity index (χ0v) is 17.4. The van der Waals surface area contributed by atoms with E-state index < -0.39 is 11.6 Å². The second-order valence-electron chi connectivity index (χ2n) is 7.47. The van der Waals surface area contributed by atoms with Gasteiger partial charge in [-0.15, -0.1) is 0 Å². The number of carbonyl (C=O) groups excluding carboxylic acids is 3. The second-order valence-corrected chi connectivity index (χ2v) is 8.39. The Labute approximate surface area is 176 Å². The summed E-state index contributed by atoms with van der Waals surface area (Å²) in [5, 5.41) is 9.90. The van der Waals surface area contributed by atoms with Gasteiger partial charge in [0.15, 0.2) is 0 Å². The van der Waals surface area contributed by atoms with Crippen LogP contribution < -0.4 is 10.6 Å². The third-order valence-corrected chi connectivity index (χ3v) is 6.02. The third-order valence-electron chi connectivity index (χ3n) is 5.50. The van der Waals surface area contributed by atoms with Crippen LogP contribution in [0.2, 0.25) is 0 Å². The summed E-state index contributed by atoms with van der Waals surface area (Å²) in [5.41, 5.74) is 0.310. The zero-order valence-electron chi connectivity index (χ0n) is 15.9. The molecule has 1 aliphatic carbocycles. The normalized spacial score (nSPS) is 17.8. The van der Waals surface area contributed by atoms with Crippen molar-refractivity contribution in [2.24, 2.45) is 0 Å². The highest BCUT2D eigenvalue weighted by Crippen LogP contribution is 2.35. The minimum absolute atomic E-state index is 0.0404. The fourth-order valence-electron chi connectivity index (χ4n) is 3.94. The molecule has 0 bridgehead atoms. The van der Waals surface area contributed by atoms with Crippen LogP contribution in [0.1, 0.15) is 37.7 Å². The zero-order chi connectivity index (χ0) is 20.4.